The summed E-state index contributed by atoms with van der Waals surface area (Å²) in [5.41, 5.74) is 3.34. The molecule has 5 nitrogen and oxygen atoms in total. The molecule has 0 unspecified atom stereocenters. The lowest BCUT2D eigenvalue weighted by atomic mass is 10.0. The largest absolute Gasteiger partial charge is 0.481 e. The van der Waals surface area contributed by atoms with Crippen molar-refractivity contribution in [2.45, 2.75) is 6.42 Å². The molecule has 4 rings (SSSR count). The van der Waals surface area contributed by atoms with Crippen LogP contribution in [0.25, 0.3) is 11.0 Å². The normalized spacial score (nSPS) is 11.1. The van der Waals surface area contributed by atoms with E-state index in [0.717, 1.165) is 22.2 Å². The summed E-state index contributed by atoms with van der Waals surface area (Å²) in [7, 11) is 1.54. The average Bonchev–Trinajstić information content (AvgIpc) is 3.06. The molecule has 0 saturated heterocycles. The van der Waals surface area contributed by atoms with Crippen LogP contribution in [0.1, 0.15) is 22.4 Å². The van der Waals surface area contributed by atoms with Crippen LogP contribution in [0.15, 0.2) is 48.9 Å². The molecule has 1 radical (unpaired) electrons. The molecule has 0 fully saturated rings. The first-order valence-corrected chi connectivity index (χ1v) is 8.62. The number of halogens is 2. The predicted molar refractivity (Wildman–Crippen MR) is 101 cm³/mol. The number of rotatable bonds is 5. The third-order valence-corrected chi connectivity index (χ3v) is 4.42. The van der Waals surface area contributed by atoms with E-state index in [-0.39, 0.29) is 0 Å². The maximum atomic E-state index is 14.6. The Hall–Kier alpha value is -2.99. The first-order chi connectivity index (χ1) is 13.1. The van der Waals surface area contributed by atoms with E-state index in [4.69, 9.17) is 16.3 Å². The lowest BCUT2D eigenvalue weighted by Crippen LogP contribution is -2.00. The molecular formula is C20H15ClFN4O. The highest BCUT2D eigenvalue weighted by Crippen LogP contribution is 2.24. The van der Waals surface area contributed by atoms with Gasteiger partial charge >= 0.3 is 0 Å². The van der Waals surface area contributed by atoms with Crippen LogP contribution in [0.5, 0.6) is 5.88 Å². The molecule has 0 aliphatic carbocycles. The van der Waals surface area contributed by atoms with Crippen LogP contribution in [0.2, 0.25) is 5.02 Å². The first-order valence-electron chi connectivity index (χ1n) is 8.25. The van der Waals surface area contributed by atoms with Crippen molar-refractivity contribution in [1.82, 2.24) is 19.9 Å². The topological polar surface area (TPSA) is 63.7 Å². The molecule has 1 N–H and O–H groups in total. The zero-order chi connectivity index (χ0) is 18.8. The fourth-order valence-corrected chi connectivity index (χ4v) is 3.07. The highest BCUT2D eigenvalue weighted by Gasteiger charge is 2.12. The Morgan fingerprint density at radius 3 is 2.93 bits per heavy atom. The molecule has 0 aliphatic rings. The van der Waals surface area contributed by atoms with E-state index >= 15 is 0 Å². The van der Waals surface area contributed by atoms with Gasteiger partial charge in [0.25, 0.3) is 0 Å². The monoisotopic (exact) mass is 381 g/mol. The van der Waals surface area contributed by atoms with Crippen molar-refractivity contribution >= 4 is 22.6 Å². The van der Waals surface area contributed by atoms with Gasteiger partial charge in [0.15, 0.2) is 0 Å². The Morgan fingerprint density at radius 2 is 2.11 bits per heavy atom. The fraction of sp³-hybridized carbons (Fsp3) is 0.100. The Morgan fingerprint density at radius 1 is 1.22 bits per heavy atom. The third kappa shape index (κ3) is 3.61. The van der Waals surface area contributed by atoms with Crippen LogP contribution in [-0.2, 0) is 6.42 Å². The molecule has 0 saturated carbocycles. The molecule has 0 atom stereocenters. The van der Waals surface area contributed by atoms with Crippen LogP contribution in [-0.4, -0.2) is 27.0 Å². The molecule has 0 spiro atoms. The van der Waals surface area contributed by atoms with Crippen LogP contribution in [0.3, 0.4) is 0 Å². The summed E-state index contributed by atoms with van der Waals surface area (Å²) in [6, 6.07) is 8.94. The Bertz CT molecular complexity index is 1110. The smallest absolute Gasteiger partial charge is 0.216 e. The third-order valence-electron chi connectivity index (χ3n) is 4.21. The zero-order valence-corrected chi connectivity index (χ0v) is 15.2. The van der Waals surface area contributed by atoms with Gasteiger partial charge < -0.3 is 9.72 Å². The minimum absolute atomic E-state index is 0.386. The van der Waals surface area contributed by atoms with Gasteiger partial charge in [0.2, 0.25) is 11.8 Å². The van der Waals surface area contributed by atoms with Crippen molar-refractivity contribution in [2.24, 2.45) is 0 Å². The van der Waals surface area contributed by atoms with Crippen molar-refractivity contribution in [3.05, 3.63) is 88.7 Å². The number of nitrogens with zero attached hydrogens (tertiary/aromatic N) is 3. The summed E-state index contributed by atoms with van der Waals surface area (Å²) in [5, 5.41) is 1.41. The Labute approximate surface area is 160 Å². The van der Waals surface area contributed by atoms with Crippen molar-refractivity contribution in [3.8, 4) is 5.88 Å². The first kappa shape index (κ1) is 17.4. The number of aromatic amines is 1. The number of hydrogen-bond donors (Lipinski definition) is 1. The zero-order valence-electron chi connectivity index (χ0n) is 14.4. The van der Waals surface area contributed by atoms with Gasteiger partial charge in [-0.2, -0.15) is 4.39 Å². The van der Waals surface area contributed by atoms with Crippen LogP contribution in [0, 0.1) is 12.4 Å². The van der Waals surface area contributed by atoms with Gasteiger partial charge in [-0.15, -0.1) is 0 Å². The number of ether oxygens (including phenoxy) is 1. The van der Waals surface area contributed by atoms with Gasteiger partial charge in [-0.25, -0.2) is 15.0 Å². The molecule has 0 bridgehead atoms. The van der Waals surface area contributed by atoms with E-state index in [2.05, 4.69) is 19.9 Å². The Balaban J connectivity index is 1.59. The van der Waals surface area contributed by atoms with Crippen LogP contribution >= 0.6 is 11.6 Å². The van der Waals surface area contributed by atoms with Gasteiger partial charge in [0.05, 0.1) is 17.8 Å². The van der Waals surface area contributed by atoms with Gasteiger partial charge in [0, 0.05) is 47.9 Å². The molecule has 4 aromatic heterocycles. The molecule has 4 heterocycles. The van der Waals surface area contributed by atoms with Gasteiger partial charge in [-0.3, -0.25) is 0 Å². The molecule has 0 amide bonds. The standard InChI is InChI=1S/C20H15ClFN4O/c1-27-20-13(3-2-6-23-20)8-16-5-4-12(18(22)26-16)7-14-10-24-19-17(14)9-15(21)11-25-19/h2-6,8-11H,7H2,1H3,(H,24,25). The van der Waals surface area contributed by atoms with Gasteiger partial charge in [0.1, 0.15) is 5.65 Å². The molecule has 0 aromatic carbocycles. The highest BCUT2D eigenvalue weighted by molar-refractivity contribution is 6.31. The highest BCUT2D eigenvalue weighted by atomic mass is 35.5. The van der Waals surface area contributed by atoms with Gasteiger partial charge in [-0.05, 0) is 23.8 Å². The number of H-pyrrole nitrogens is 1. The van der Waals surface area contributed by atoms with Gasteiger partial charge in [-0.1, -0.05) is 23.7 Å². The molecule has 135 valence electrons. The van der Waals surface area contributed by atoms with Crippen molar-refractivity contribution in [3.63, 3.8) is 0 Å². The second kappa shape index (κ2) is 7.32. The summed E-state index contributed by atoms with van der Waals surface area (Å²) in [6.45, 7) is 0. The predicted octanol–water partition coefficient (Wildman–Crippen LogP) is 4.35. The maximum absolute atomic E-state index is 14.6. The second-order valence-corrected chi connectivity index (χ2v) is 6.41. The van der Waals surface area contributed by atoms with E-state index in [1.54, 1.807) is 44.1 Å². The van der Waals surface area contributed by atoms with Crippen LogP contribution < -0.4 is 4.74 Å². The SMILES string of the molecule is COc1ncccc1[CH]c1ccc(Cc2c[nH]c3ncc(Cl)cc23)c(F)n1. The summed E-state index contributed by atoms with van der Waals surface area (Å²) >= 11 is 6.02. The summed E-state index contributed by atoms with van der Waals surface area (Å²) in [4.78, 5) is 15.5. The minimum Gasteiger partial charge on any atom is -0.481 e. The molecule has 7 heteroatoms. The summed E-state index contributed by atoms with van der Waals surface area (Å²) < 4.78 is 19.8. The second-order valence-electron chi connectivity index (χ2n) is 5.97. The minimum atomic E-state index is -0.518. The molecule has 27 heavy (non-hydrogen) atoms. The van der Waals surface area contributed by atoms with E-state index in [9.17, 15) is 4.39 Å². The van der Waals surface area contributed by atoms with Crippen molar-refractivity contribution in [1.29, 1.82) is 0 Å². The van der Waals surface area contributed by atoms with E-state index in [1.807, 2.05) is 18.3 Å². The lowest BCUT2D eigenvalue weighted by Gasteiger charge is -2.08. The number of nitrogens with one attached hydrogen (secondary N) is 1. The quantitative estimate of drug-likeness (QED) is 0.522. The summed E-state index contributed by atoms with van der Waals surface area (Å²) in [5.74, 6) is -0.0529. The fourth-order valence-electron chi connectivity index (χ4n) is 2.92. The number of fused-ring (bicyclic) bond motifs is 1. The van der Waals surface area contributed by atoms with E-state index in [1.165, 1.54) is 0 Å². The lowest BCUT2D eigenvalue weighted by molar-refractivity contribution is 0.395. The number of hydrogen-bond acceptors (Lipinski definition) is 4. The maximum Gasteiger partial charge on any atom is 0.216 e. The number of aromatic nitrogens is 4. The molecular weight excluding hydrogens is 367 g/mol. The van der Waals surface area contributed by atoms with E-state index in [0.29, 0.717) is 28.6 Å². The molecule has 4 aromatic rings. The summed E-state index contributed by atoms with van der Waals surface area (Å²) in [6.07, 6.45) is 7.14. The number of pyridine rings is 3. The Kier molecular flexibility index (Phi) is 4.73. The van der Waals surface area contributed by atoms with E-state index < -0.39 is 5.95 Å². The van der Waals surface area contributed by atoms with Crippen LogP contribution in [0.4, 0.5) is 4.39 Å². The average molecular weight is 382 g/mol. The van der Waals surface area contributed by atoms with Crippen molar-refractivity contribution < 1.29 is 9.13 Å². The number of methoxy groups -OCH3 is 1. The van der Waals surface area contributed by atoms with Crippen molar-refractivity contribution in [2.75, 3.05) is 7.11 Å². The molecule has 0 aliphatic heterocycles.